The molecule has 2 aliphatic rings. The third-order valence-electron chi connectivity index (χ3n) is 5.62. The van der Waals surface area contributed by atoms with Crippen LogP contribution in [-0.2, 0) is 21.5 Å². The van der Waals surface area contributed by atoms with E-state index in [4.69, 9.17) is 0 Å². The molecule has 5 rings (SSSR count). The Hall–Kier alpha value is -4.08. The van der Waals surface area contributed by atoms with E-state index in [1.165, 1.54) is 29.5 Å². The number of imide groups is 1. The van der Waals surface area contributed by atoms with Crippen LogP contribution in [0.2, 0.25) is 0 Å². The van der Waals surface area contributed by atoms with Gasteiger partial charge in [0.15, 0.2) is 5.82 Å². The maximum absolute atomic E-state index is 14.4. The number of nitrogens with zero attached hydrogens (tertiary/aromatic N) is 4. The molecule has 31 heavy (non-hydrogen) atoms. The first-order valence-corrected chi connectivity index (χ1v) is 9.65. The van der Waals surface area contributed by atoms with Crippen molar-refractivity contribution >= 4 is 23.5 Å². The molecule has 0 bridgehead atoms. The van der Waals surface area contributed by atoms with Crippen molar-refractivity contribution in [2.75, 3.05) is 11.9 Å². The summed E-state index contributed by atoms with van der Waals surface area (Å²) in [6.45, 7) is -0.471. The first-order chi connectivity index (χ1) is 15.0. The van der Waals surface area contributed by atoms with Gasteiger partial charge in [0.1, 0.15) is 30.4 Å². The summed E-state index contributed by atoms with van der Waals surface area (Å²) in [4.78, 5) is 42.8. The van der Waals surface area contributed by atoms with Gasteiger partial charge in [-0.1, -0.05) is 24.3 Å². The average Bonchev–Trinajstić information content (AvgIpc) is 3.45. The Bertz CT molecular complexity index is 1210. The summed E-state index contributed by atoms with van der Waals surface area (Å²) in [6.07, 6.45) is 3.75. The molecule has 9 nitrogen and oxygen atoms in total. The summed E-state index contributed by atoms with van der Waals surface area (Å²) in [5.41, 5.74) is 1.01. The minimum Gasteiger partial charge on any atom is -0.324 e. The van der Waals surface area contributed by atoms with Gasteiger partial charge in [0.25, 0.3) is 5.91 Å². The van der Waals surface area contributed by atoms with Crippen LogP contribution in [0.15, 0.2) is 55.1 Å². The first-order valence-electron chi connectivity index (χ1n) is 9.65. The molecule has 1 unspecified atom stereocenters. The lowest BCUT2D eigenvalue weighted by molar-refractivity contribution is -0.134. The van der Waals surface area contributed by atoms with Crippen molar-refractivity contribution in [3.8, 4) is 5.69 Å². The predicted molar refractivity (Wildman–Crippen MR) is 107 cm³/mol. The molecule has 2 N–H and O–H groups in total. The van der Waals surface area contributed by atoms with Crippen LogP contribution >= 0.6 is 0 Å². The zero-order valence-corrected chi connectivity index (χ0v) is 16.2. The number of halogens is 1. The molecule has 1 saturated heterocycles. The molecule has 156 valence electrons. The largest absolute Gasteiger partial charge is 0.325 e. The van der Waals surface area contributed by atoms with Crippen molar-refractivity contribution in [1.82, 2.24) is 25.0 Å². The van der Waals surface area contributed by atoms with Gasteiger partial charge >= 0.3 is 6.03 Å². The Morgan fingerprint density at radius 3 is 2.84 bits per heavy atom. The number of aromatic nitrogens is 3. The van der Waals surface area contributed by atoms with Crippen LogP contribution in [0.5, 0.6) is 0 Å². The predicted octanol–water partition coefficient (Wildman–Crippen LogP) is 1.74. The fourth-order valence-corrected chi connectivity index (χ4v) is 4.18. The van der Waals surface area contributed by atoms with Crippen LogP contribution in [0.4, 0.5) is 14.9 Å². The number of carbonyl (C=O) groups is 3. The molecule has 10 heteroatoms. The lowest BCUT2D eigenvalue weighted by Crippen LogP contribution is -2.43. The van der Waals surface area contributed by atoms with Crippen molar-refractivity contribution in [3.63, 3.8) is 0 Å². The van der Waals surface area contributed by atoms with E-state index in [1.807, 2.05) is 24.3 Å². The Labute approximate surface area is 175 Å². The van der Waals surface area contributed by atoms with E-state index in [9.17, 15) is 18.8 Å². The number of rotatable bonds is 4. The zero-order valence-electron chi connectivity index (χ0n) is 16.2. The number of benzene rings is 2. The van der Waals surface area contributed by atoms with Crippen molar-refractivity contribution in [2.24, 2.45) is 0 Å². The maximum atomic E-state index is 14.4. The molecule has 1 spiro atoms. The smallest absolute Gasteiger partial charge is 0.324 e. The lowest BCUT2D eigenvalue weighted by atomic mass is 9.92. The molecule has 1 aliphatic carbocycles. The van der Waals surface area contributed by atoms with E-state index in [0.717, 1.165) is 22.1 Å². The molecule has 1 aromatic heterocycles. The Morgan fingerprint density at radius 2 is 2.06 bits per heavy atom. The molecule has 0 saturated carbocycles. The Morgan fingerprint density at radius 1 is 1.23 bits per heavy atom. The standard InChI is InChI=1S/C21H17FN6O3/c22-16-9-14(5-6-17(16)28-12-23-11-24-28)25-18(29)10-27-19(30)21(26-20(27)31)8-7-13-3-1-2-4-15(13)21/h1-6,9,11-12H,7-8,10H2,(H,25,29)(H,26,31). The van der Waals surface area contributed by atoms with Gasteiger partial charge in [0, 0.05) is 5.69 Å². The van der Waals surface area contributed by atoms with Gasteiger partial charge in [-0.25, -0.2) is 18.9 Å². The number of hydrogen-bond acceptors (Lipinski definition) is 5. The molecular formula is C21H17FN6O3. The molecule has 0 radical (unpaired) electrons. The van der Waals surface area contributed by atoms with Crippen LogP contribution in [0, 0.1) is 5.82 Å². The third kappa shape index (κ3) is 3.03. The quantitative estimate of drug-likeness (QED) is 0.625. The van der Waals surface area contributed by atoms with E-state index >= 15 is 0 Å². The average molecular weight is 420 g/mol. The molecule has 1 aliphatic heterocycles. The van der Waals surface area contributed by atoms with E-state index in [1.54, 1.807) is 0 Å². The first kappa shape index (κ1) is 18.9. The number of aryl methyl sites for hydroxylation is 1. The van der Waals surface area contributed by atoms with Crippen LogP contribution < -0.4 is 10.6 Å². The van der Waals surface area contributed by atoms with Crippen molar-refractivity contribution in [1.29, 1.82) is 0 Å². The molecule has 3 aromatic rings. The Kier molecular flexibility index (Phi) is 4.28. The van der Waals surface area contributed by atoms with E-state index in [2.05, 4.69) is 20.7 Å². The minimum absolute atomic E-state index is 0.173. The lowest BCUT2D eigenvalue weighted by Gasteiger charge is -2.22. The van der Waals surface area contributed by atoms with Gasteiger partial charge in [0.05, 0.1) is 0 Å². The summed E-state index contributed by atoms with van der Waals surface area (Å²) >= 11 is 0. The van der Waals surface area contributed by atoms with Gasteiger partial charge < -0.3 is 10.6 Å². The van der Waals surface area contributed by atoms with Gasteiger partial charge in [-0.15, -0.1) is 0 Å². The fourth-order valence-electron chi connectivity index (χ4n) is 4.18. The third-order valence-corrected chi connectivity index (χ3v) is 5.62. The van der Waals surface area contributed by atoms with E-state index in [0.29, 0.717) is 12.8 Å². The summed E-state index contributed by atoms with van der Waals surface area (Å²) in [7, 11) is 0. The van der Waals surface area contributed by atoms with Crippen molar-refractivity contribution in [2.45, 2.75) is 18.4 Å². The maximum Gasteiger partial charge on any atom is 0.325 e. The van der Waals surface area contributed by atoms with Crippen LogP contribution in [-0.4, -0.2) is 44.1 Å². The number of hydrogen-bond donors (Lipinski definition) is 2. The molecule has 1 atom stereocenters. The summed E-state index contributed by atoms with van der Waals surface area (Å²) in [5, 5.41) is 9.16. The molecule has 2 heterocycles. The number of anilines is 1. The topological polar surface area (TPSA) is 109 Å². The monoisotopic (exact) mass is 420 g/mol. The van der Waals surface area contributed by atoms with Crippen LogP contribution in [0.3, 0.4) is 0 Å². The second-order valence-electron chi connectivity index (χ2n) is 7.44. The second-order valence-corrected chi connectivity index (χ2v) is 7.44. The van der Waals surface area contributed by atoms with Crippen LogP contribution in [0.25, 0.3) is 5.69 Å². The number of amides is 4. The minimum atomic E-state index is -1.13. The van der Waals surface area contributed by atoms with Gasteiger partial charge in [-0.2, -0.15) is 5.10 Å². The second kappa shape index (κ2) is 7.01. The Balaban J connectivity index is 1.31. The van der Waals surface area contributed by atoms with Gasteiger partial charge in [-0.3, -0.25) is 14.5 Å². The number of carbonyl (C=O) groups excluding carboxylic acids is 3. The number of fused-ring (bicyclic) bond motifs is 2. The van der Waals surface area contributed by atoms with E-state index in [-0.39, 0.29) is 11.4 Å². The van der Waals surface area contributed by atoms with Gasteiger partial charge in [0.2, 0.25) is 5.91 Å². The van der Waals surface area contributed by atoms with Gasteiger partial charge in [-0.05, 0) is 42.2 Å². The van der Waals surface area contributed by atoms with E-state index < -0.39 is 35.7 Å². The highest BCUT2D eigenvalue weighted by molar-refractivity contribution is 6.10. The number of urea groups is 1. The SMILES string of the molecule is O=C(CN1C(=O)NC2(CCc3ccccc32)C1=O)Nc1ccc(-n2cncn2)c(F)c1. The molecule has 1 fully saturated rings. The normalized spacial score (nSPS) is 19.6. The highest BCUT2D eigenvalue weighted by atomic mass is 19.1. The highest BCUT2D eigenvalue weighted by Gasteiger charge is 2.55. The zero-order chi connectivity index (χ0) is 21.6. The molecule has 2 aromatic carbocycles. The summed E-state index contributed by atoms with van der Waals surface area (Å²) < 4.78 is 15.6. The van der Waals surface area contributed by atoms with Crippen LogP contribution in [0.1, 0.15) is 17.5 Å². The van der Waals surface area contributed by atoms with Crippen molar-refractivity contribution in [3.05, 3.63) is 72.1 Å². The fraction of sp³-hybridized carbons (Fsp3) is 0.190. The number of nitrogens with one attached hydrogen (secondary N) is 2. The molecule has 4 amide bonds. The summed E-state index contributed by atoms with van der Waals surface area (Å²) in [5.74, 6) is -1.68. The summed E-state index contributed by atoms with van der Waals surface area (Å²) in [6, 6.07) is 10.9. The van der Waals surface area contributed by atoms with Crippen molar-refractivity contribution < 1.29 is 18.8 Å². The molecular weight excluding hydrogens is 403 g/mol. The highest BCUT2D eigenvalue weighted by Crippen LogP contribution is 2.41.